The van der Waals surface area contributed by atoms with Gasteiger partial charge in [0.15, 0.2) is 0 Å². The Labute approximate surface area is 184 Å². The summed E-state index contributed by atoms with van der Waals surface area (Å²) in [5.74, 6) is -1.26. The number of rotatable bonds is 5. The Morgan fingerprint density at radius 1 is 1.15 bits per heavy atom. The first-order valence-corrected chi connectivity index (χ1v) is 9.58. The van der Waals surface area contributed by atoms with E-state index in [0.717, 1.165) is 11.4 Å². The van der Waals surface area contributed by atoms with Gasteiger partial charge in [0.1, 0.15) is 17.4 Å². The van der Waals surface area contributed by atoms with E-state index in [4.69, 9.17) is 14.6 Å². The lowest BCUT2D eigenvalue weighted by Crippen LogP contribution is -2.31. The number of carboxylic acids is 1. The molecule has 8 nitrogen and oxygen atoms in total. The van der Waals surface area contributed by atoms with Crippen molar-refractivity contribution in [3.05, 3.63) is 72.2 Å². The summed E-state index contributed by atoms with van der Waals surface area (Å²) in [5.41, 5.74) is 0.875. The largest absolute Gasteiger partial charge is 0.490 e. The lowest BCUT2D eigenvalue weighted by atomic mass is 10.1. The highest BCUT2D eigenvalue weighted by Gasteiger charge is 2.38. The van der Waals surface area contributed by atoms with Gasteiger partial charge in [-0.1, -0.05) is 6.07 Å². The monoisotopic (exact) mass is 466 g/mol. The lowest BCUT2D eigenvalue weighted by molar-refractivity contribution is -0.192. The van der Waals surface area contributed by atoms with Gasteiger partial charge in [-0.25, -0.2) is 19.2 Å². The Balaban J connectivity index is 0.000000383. The molecule has 3 aromatic rings. The number of nitrogens with zero attached hydrogens (tertiary/aromatic N) is 3. The number of alkyl halides is 3. The van der Waals surface area contributed by atoms with Crippen molar-refractivity contribution in [1.82, 2.24) is 19.9 Å². The van der Waals surface area contributed by atoms with Crippen molar-refractivity contribution in [3.63, 3.8) is 0 Å². The predicted molar refractivity (Wildman–Crippen MR) is 106 cm³/mol. The summed E-state index contributed by atoms with van der Waals surface area (Å²) in [6.07, 6.45) is 0.886. The molecule has 2 aromatic heterocycles. The molecule has 1 aliphatic rings. The molecule has 1 amide bonds. The molecule has 33 heavy (non-hydrogen) atoms. The molecule has 0 radical (unpaired) electrons. The first-order valence-electron chi connectivity index (χ1n) is 9.58. The molecular formula is C21H18F4N4O4. The number of aromatic nitrogens is 3. The van der Waals surface area contributed by atoms with Crippen LogP contribution in [0.5, 0.6) is 11.6 Å². The van der Waals surface area contributed by atoms with Crippen molar-refractivity contribution in [2.45, 2.75) is 25.7 Å². The zero-order valence-electron chi connectivity index (χ0n) is 16.9. The molecule has 174 valence electrons. The van der Waals surface area contributed by atoms with Crippen LogP contribution in [0.3, 0.4) is 0 Å². The number of carboxylic acid groups (broad SMARTS) is 1. The van der Waals surface area contributed by atoms with E-state index in [0.29, 0.717) is 31.1 Å². The molecule has 0 aliphatic carbocycles. The van der Waals surface area contributed by atoms with E-state index >= 15 is 0 Å². The first kappa shape index (κ1) is 23.7. The highest BCUT2D eigenvalue weighted by Crippen LogP contribution is 2.21. The smallest absolute Gasteiger partial charge is 0.475 e. The maximum atomic E-state index is 12.9. The number of amides is 1. The number of hydrogen-bond donors (Lipinski definition) is 2. The van der Waals surface area contributed by atoms with Gasteiger partial charge in [0.05, 0.1) is 5.92 Å². The van der Waals surface area contributed by atoms with E-state index in [1.165, 1.54) is 24.3 Å². The summed E-state index contributed by atoms with van der Waals surface area (Å²) < 4.78 is 52.2. The quantitative estimate of drug-likeness (QED) is 0.559. The molecule has 0 fully saturated rings. The topological polar surface area (TPSA) is 106 Å². The van der Waals surface area contributed by atoms with E-state index in [1.54, 1.807) is 18.5 Å². The molecule has 2 N–H and O–H groups in total. The molecule has 0 spiro atoms. The number of hydrogen-bond acceptors (Lipinski definition) is 5. The summed E-state index contributed by atoms with van der Waals surface area (Å²) in [6, 6.07) is 9.29. The third-order valence-electron chi connectivity index (χ3n) is 4.56. The molecule has 0 saturated heterocycles. The average molecular weight is 466 g/mol. The van der Waals surface area contributed by atoms with E-state index < -0.39 is 12.1 Å². The molecule has 1 aliphatic heterocycles. The van der Waals surface area contributed by atoms with Crippen LogP contribution >= 0.6 is 0 Å². The fourth-order valence-corrected chi connectivity index (χ4v) is 2.93. The predicted octanol–water partition coefficient (Wildman–Crippen LogP) is 3.33. The second-order valence-corrected chi connectivity index (χ2v) is 6.98. The van der Waals surface area contributed by atoms with Gasteiger partial charge in [-0.3, -0.25) is 4.79 Å². The van der Waals surface area contributed by atoms with Gasteiger partial charge in [0, 0.05) is 44.2 Å². The number of fused-ring (bicyclic) bond motifs is 1. The molecule has 12 heteroatoms. The fraction of sp³-hybridized carbons (Fsp3) is 0.238. The Morgan fingerprint density at radius 2 is 1.85 bits per heavy atom. The van der Waals surface area contributed by atoms with Gasteiger partial charge in [0.2, 0.25) is 11.8 Å². The Bertz CT molecular complexity index is 1080. The Kier molecular flexibility index (Phi) is 7.26. The van der Waals surface area contributed by atoms with Crippen molar-refractivity contribution >= 4 is 11.9 Å². The number of imidazole rings is 1. The van der Waals surface area contributed by atoms with E-state index in [2.05, 4.69) is 15.3 Å². The zero-order valence-corrected chi connectivity index (χ0v) is 16.9. The summed E-state index contributed by atoms with van der Waals surface area (Å²) in [5, 5.41) is 10.1. The first-order chi connectivity index (χ1) is 15.6. The van der Waals surface area contributed by atoms with Crippen molar-refractivity contribution < 1.29 is 37.0 Å². The minimum atomic E-state index is -5.08. The number of pyridine rings is 1. The van der Waals surface area contributed by atoms with Gasteiger partial charge in [-0.05, 0) is 29.8 Å². The van der Waals surface area contributed by atoms with E-state index in [-0.39, 0.29) is 17.6 Å². The number of benzene rings is 1. The van der Waals surface area contributed by atoms with E-state index in [1.807, 2.05) is 16.8 Å². The highest BCUT2D eigenvalue weighted by atomic mass is 19.4. The van der Waals surface area contributed by atoms with Gasteiger partial charge in [-0.15, -0.1) is 0 Å². The van der Waals surface area contributed by atoms with Gasteiger partial charge < -0.3 is 19.7 Å². The normalized spacial score (nSPS) is 14.6. The van der Waals surface area contributed by atoms with Crippen LogP contribution in [0, 0.1) is 11.7 Å². The minimum absolute atomic E-state index is 0.0159. The lowest BCUT2D eigenvalue weighted by Gasteiger charge is -2.10. The SMILES string of the molecule is O=C(NCc1ccc(Oc2ccc(F)cc2)nc1)C1Cc2nccn2C1.O=C(O)C(F)(F)F. The van der Waals surface area contributed by atoms with Crippen LogP contribution in [0.2, 0.25) is 0 Å². The van der Waals surface area contributed by atoms with Crippen LogP contribution < -0.4 is 10.1 Å². The highest BCUT2D eigenvalue weighted by molar-refractivity contribution is 5.79. The van der Waals surface area contributed by atoms with Crippen LogP contribution in [0.1, 0.15) is 11.4 Å². The molecule has 4 rings (SSSR count). The van der Waals surface area contributed by atoms with Crippen molar-refractivity contribution in [1.29, 1.82) is 0 Å². The molecule has 1 aromatic carbocycles. The molecule has 1 atom stereocenters. The van der Waals surface area contributed by atoms with Crippen LogP contribution in [0.4, 0.5) is 17.6 Å². The second-order valence-electron chi connectivity index (χ2n) is 6.98. The number of carbonyl (C=O) groups excluding carboxylic acids is 1. The average Bonchev–Trinajstić information content (AvgIpc) is 3.37. The summed E-state index contributed by atoms with van der Waals surface area (Å²) in [7, 11) is 0. The van der Waals surface area contributed by atoms with Gasteiger partial charge in [-0.2, -0.15) is 13.2 Å². The number of halogens is 4. The van der Waals surface area contributed by atoms with Crippen molar-refractivity contribution in [3.8, 4) is 11.6 Å². The van der Waals surface area contributed by atoms with Crippen molar-refractivity contribution in [2.75, 3.05) is 0 Å². The van der Waals surface area contributed by atoms with Crippen molar-refractivity contribution in [2.24, 2.45) is 5.92 Å². The van der Waals surface area contributed by atoms with E-state index in [9.17, 15) is 22.4 Å². The molecule has 0 saturated carbocycles. The molecular weight excluding hydrogens is 448 g/mol. The number of carbonyl (C=O) groups is 2. The minimum Gasteiger partial charge on any atom is -0.475 e. The Hall–Kier alpha value is -3.96. The zero-order chi connectivity index (χ0) is 24.0. The molecule has 3 heterocycles. The summed E-state index contributed by atoms with van der Waals surface area (Å²) in [6.45, 7) is 1.07. The van der Waals surface area contributed by atoms with Crippen LogP contribution in [-0.2, 0) is 29.1 Å². The van der Waals surface area contributed by atoms with Gasteiger partial charge >= 0.3 is 12.1 Å². The maximum absolute atomic E-state index is 12.9. The van der Waals surface area contributed by atoms with Crippen LogP contribution in [0.15, 0.2) is 55.0 Å². The third kappa shape index (κ3) is 6.76. The Morgan fingerprint density at radius 3 is 2.42 bits per heavy atom. The summed E-state index contributed by atoms with van der Waals surface area (Å²) >= 11 is 0. The maximum Gasteiger partial charge on any atom is 0.490 e. The summed E-state index contributed by atoms with van der Waals surface area (Å²) in [4.78, 5) is 29.6. The van der Waals surface area contributed by atoms with Crippen LogP contribution in [0.25, 0.3) is 0 Å². The fourth-order valence-electron chi connectivity index (χ4n) is 2.93. The molecule has 1 unspecified atom stereocenters. The third-order valence-corrected chi connectivity index (χ3v) is 4.56. The van der Waals surface area contributed by atoms with Crippen LogP contribution in [-0.4, -0.2) is 37.7 Å². The second kappa shape index (κ2) is 10.1. The molecule has 0 bridgehead atoms. The number of ether oxygens (including phenoxy) is 1. The number of aliphatic carboxylic acids is 1. The number of nitrogens with one attached hydrogen (secondary N) is 1. The standard InChI is InChI=1S/C19H17FN4O2.C2HF3O2/c20-15-2-4-16(5-3-15)26-18-6-1-13(10-22-18)11-23-19(25)14-9-17-21-7-8-24(17)12-14;3-2(4,5)1(6)7/h1-8,10,14H,9,11-12H2,(H,23,25);(H,6,7). The van der Waals surface area contributed by atoms with Gasteiger partial charge in [0.25, 0.3) is 0 Å².